The summed E-state index contributed by atoms with van der Waals surface area (Å²) in [6.07, 6.45) is 10.8. The zero-order valence-electron chi connectivity index (χ0n) is 25.9. The third-order valence-electron chi connectivity index (χ3n) is 8.52. The molecule has 1 aliphatic carbocycles. The topological polar surface area (TPSA) is 132 Å². The van der Waals surface area contributed by atoms with Crippen molar-refractivity contribution in [2.75, 3.05) is 39.5 Å². The molecule has 0 radical (unpaired) electrons. The maximum atomic E-state index is 14.4. The fourth-order valence-corrected chi connectivity index (χ4v) is 5.99. The highest BCUT2D eigenvalue weighted by atomic mass is 19.3. The highest BCUT2D eigenvalue weighted by molar-refractivity contribution is 5.69. The molecule has 252 valence electrons. The minimum atomic E-state index is -3.23. The number of ether oxygens (including phenoxy) is 2. The van der Waals surface area contributed by atoms with Gasteiger partial charge in [-0.05, 0) is 94.5 Å². The summed E-state index contributed by atoms with van der Waals surface area (Å²) in [5.41, 5.74) is 0. The molecule has 0 spiro atoms. The van der Waals surface area contributed by atoms with Gasteiger partial charge < -0.3 is 29.4 Å². The van der Waals surface area contributed by atoms with Crippen LogP contribution in [0.3, 0.4) is 0 Å². The van der Waals surface area contributed by atoms with Gasteiger partial charge >= 0.3 is 5.97 Å². The number of carbonyl (C=O) groups is 1. The van der Waals surface area contributed by atoms with Gasteiger partial charge in [-0.25, -0.2) is 0 Å². The van der Waals surface area contributed by atoms with E-state index in [1.165, 1.54) is 6.08 Å². The number of allylic oxidation sites excluding steroid dienone is 2. The monoisotopic (exact) mass is 638 g/mol. The van der Waals surface area contributed by atoms with E-state index in [1.807, 2.05) is 12.2 Å². The number of para-hydroxylation sites is 1. The summed E-state index contributed by atoms with van der Waals surface area (Å²) in [7, 11) is 0. The van der Waals surface area contributed by atoms with Gasteiger partial charge in [0.05, 0.1) is 25.4 Å². The van der Waals surface area contributed by atoms with Crippen LogP contribution in [0.2, 0.25) is 0 Å². The van der Waals surface area contributed by atoms with Gasteiger partial charge in [0.15, 0.2) is 6.61 Å². The molecule has 0 unspecified atom stereocenters. The Morgan fingerprint density at radius 1 is 1.07 bits per heavy atom. The number of likely N-dealkylation sites (tertiary alicyclic amines) is 1. The van der Waals surface area contributed by atoms with Crippen molar-refractivity contribution >= 4 is 5.97 Å². The molecule has 4 atom stereocenters. The van der Waals surface area contributed by atoms with Crippen LogP contribution in [0.4, 0.5) is 8.78 Å². The summed E-state index contributed by atoms with van der Waals surface area (Å²) in [6.45, 7) is 2.53. The van der Waals surface area contributed by atoms with E-state index in [2.05, 4.69) is 9.74 Å². The second-order valence-corrected chi connectivity index (χ2v) is 12.0. The van der Waals surface area contributed by atoms with Crippen molar-refractivity contribution in [2.45, 2.75) is 82.3 Å². The van der Waals surface area contributed by atoms with Crippen molar-refractivity contribution < 1.29 is 43.2 Å². The summed E-state index contributed by atoms with van der Waals surface area (Å²) in [4.78, 5) is 29.0. The van der Waals surface area contributed by atoms with Crippen LogP contribution in [0.25, 0.3) is 0 Å². The van der Waals surface area contributed by atoms with E-state index in [0.717, 1.165) is 51.4 Å². The SMILES string of the molecule is O=C(CCC/C=C\C[C@@H]1[C@@H](/C=C/C(F)(F)COc2ccccc2)[C@H](O)C[C@@H]1O)OCCCN1CCC(CCCO[N+](=O)[O-])CC1. The first-order valence-electron chi connectivity index (χ1n) is 16.0. The number of benzene rings is 1. The lowest BCUT2D eigenvalue weighted by atomic mass is 9.89. The van der Waals surface area contributed by atoms with Crippen molar-refractivity contribution in [2.24, 2.45) is 17.8 Å². The smallest absolute Gasteiger partial charge is 0.305 e. The lowest BCUT2D eigenvalue weighted by Gasteiger charge is -2.31. The molecule has 1 aromatic rings. The number of halogens is 2. The Labute approximate surface area is 264 Å². The van der Waals surface area contributed by atoms with E-state index < -0.39 is 35.7 Å². The van der Waals surface area contributed by atoms with E-state index in [9.17, 15) is 33.9 Å². The molecule has 0 bridgehead atoms. The molecule has 1 saturated heterocycles. The van der Waals surface area contributed by atoms with Crippen molar-refractivity contribution in [3.05, 3.63) is 64.8 Å². The summed E-state index contributed by atoms with van der Waals surface area (Å²) < 4.78 is 39.3. The molecule has 1 aromatic carbocycles. The molecule has 0 aromatic heterocycles. The number of nitrogens with zero attached hydrogens (tertiary/aromatic N) is 2. The minimum Gasteiger partial charge on any atom is -0.487 e. The Balaban J connectivity index is 1.24. The number of carbonyl (C=O) groups excluding carboxylic acids is 1. The minimum absolute atomic E-state index is 0.132. The highest BCUT2D eigenvalue weighted by Crippen LogP contribution is 2.37. The van der Waals surface area contributed by atoms with E-state index in [4.69, 9.17) is 9.47 Å². The van der Waals surface area contributed by atoms with Gasteiger partial charge in [0.25, 0.3) is 11.0 Å². The summed E-state index contributed by atoms with van der Waals surface area (Å²) in [5, 5.41) is 30.2. The maximum Gasteiger partial charge on any atom is 0.305 e. The molecule has 45 heavy (non-hydrogen) atoms. The first kappa shape index (κ1) is 36.4. The largest absolute Gasteiger partial charge is 0.487 e. The molecular weight excluding hydrogens is 590 g/mol. The predicted molar refractivity (Wildman–Crippen MR) is 164 cm³/mol. The summed E-state index contributed by atoms with van der Waals surface area (Å²) in [6, 6.07) is 8.37. The van der Waals surface area contributed by atoms with Gasteiger partial charge in [0.1, 0.15) is 5.75 Å². The average Bonchev–Trinajstić information content (AvgIpc) is 3.29. The second-order valence-electron chi connectivity index (χ2n) is 12.0. The normalized spacial score (nSPS) is 23.1. The molecule has 2 fully saturated rings. The lowest BCUT2D eigenvalue weighted by molar-refractivity contribution is -0.757. The Morgan fingerprint density at radius 3 is 2.56 bits per heavy atom. The molecule has 0 amide bonds. The summed E-state index contributed by atoms with van der Waals surface area (Å²) in [5.74, 6) is -3.53. The Morgan fingerprint density at radius 2 is 1.82 bits per heavy atom. The van der Waals surface area contributed by atoms with E-state index in [1.54, 1.807) is 30.3 Å². The molecule has 1 heterocycles. The van der Waals surface area contributed by atoms with Crippen LogP contribution >= 0.6 is 0 Å². The van der Waals surface area contributed by atoms with Crippen LogP contribution < -0.4 is 4.74 Å². The zero-order valence-corrected chi connectivity index (χ0v) is 25.9. The molecule has 12 heteroatoms. The van der Waals surface area contributed by atoms with Crippen LogP contribution in [-0.4, -0.2) is 83.8 Å². The molecule has 1 aliphatic heterocycles. The van der Waals surface area contributed by atoms with Crippen LogP contribution in [0.1, 0.15) is 64.2 Å². The van der Waals surface area contributed by atoms with Crippen LogP contribution in [0, 0.1) is 27.9 Å². The summed E-state index contributed by atoms with van der Waals surface area (Å²) >= 11 is 0. The maximum absolute atomic E-state index is 14.4. The quantitative estimate of drug-likeness (QED) is 0.0637. The van der Waals surface area contributed by atoms with Crippen molar-refractivity contribution in [3.8, 4) is 5.75 Å². The van der Waals surface area contributed by atoms with Gasteiger partial charge in [0, 0.05) is 25.3 Å². The predicted octanol–water partition coefficient (Wildman–Crippen LogP) is 5.37. The number of hydrogen-bond acceptors (Lipinski definition) is 9. The van der Waals surface area contributed by atoms with Crippen LogP contribution in [-0.2, 0) is 14.4 Å². The standard InChI is InChI=1S/C33H48F2N2O8/c34-33(35,25-44-27-11-4-3-5-12-27)18-15-29-28(30(38)24-31(29)39)13-6-1-2-7-14-32(40)43-22-9-19-36-20-16-26(17-21-36)10-8-23-45-37(41)42/h1,3-6,11-12,15,18,26,28-31,38-39H,2,7-10,13-14,16-17,19-25H2/b6-1-,18-15+/t28-,29-,30+,31-/m1/s1. The first-order valence-corrected chi connectivity index (χ1v) is 16.0. The Hall–Kier alpha value is -3.09. The molecule has 2 aliphatic rings. The highest BCUT2D eigenvalue weighted by Gasteiger charge is 2.40. The van der Waals surface area contributed by atoms with E-state index >= 15 is 0 Å². The third-order valence-corrected chi connectivity index (χ3v) is 8.52. The van der Waals surface area contributed by atoms with E-state index in [-0.39, 0.29) is 24.9 Å². The molecular formula is C33H48F2N2O8. The lowest BCUT2D eigenvalue weighted by Crippen LogP contribution is -2.35. The van der Waals surface area contributed by atoms with Gasteiger partial charge in [-0.1, -0.05) is 36.4 Å². The molecule has 3 rings (SSSR count). The molecule has 10 nitrogen and oxygen atoms in total. The number of alkyl halides is 2. The molecule has 2 N–H and O–H groups in total. The number of aliphatic hydroxyl groups excluding tert-OH is 2. The van der Waals surface area contributed by atoms with Gasteiger partial charge in [-0.2, -0.15) is 8.78 Å². The average molecular weight is 639 g/mol. The van der Waals surface area contributed by atoms with Gasteiger partial charge in [-0.15, -0.1) is 10.1 Å². The van der Waals surface area contributed by atoms with Gasteiger partial charge in [0.2, 0.25) is 0 Å². The van der Waals surface area contributed by atoms with Crippen LogP contribution in [0.5, 0.6) is 5.75 Å². The Kier molecular flexibility index (Phi) is 15.7. The number of unbranched alkanes of at least 4 members (excludes halogenated alkanes) is 1. The van der Waals surface area contributed by atoms with Crippen molar-refractivity contribution in [1.29, 1.82) is 0 Å². The van der Waals surface area contributed by atoms with Crippen molar-refractivity contribution in [1.82, 2.24) is 4.90 Å². The Bertz CT molecular complexity index is 1070. The fourth-order valence-electron chi connectivity index (χ4n) is 5.99. The van der Waals surface area contributed by atoms with Gasteiger partial charge in [-0.3, -0.25) is 4.79 Å². The fraction of sp³-hybridized carbons (Fsp3) is 0.667. The zero-order chi connectivity index (χ0) is 32.5. The first-order chi connectivity index (χ1) is 21.6. The third kappa shape index (κ3) is 14.3. The van der Waals surface area contributed by atoms with Crippen molar-refractivity contribution in [3.63, 3.8) is 0 Å². The molecule has 1 saturated carbocycles. The second kappa shape index (κ2) is 19.4. The number of aliphatic hydroxyl groups is 2. The number of hydrogen-bond donors (Lipinski definition) is 2. The van der Waals surface area contributed by atoms with E-state index in [0.29, 0.717) is 50.4 Å². The number of rotatable bonds is 20. The number of piperidine rings is 1. The number of esters is 1. The van der Waals surface area contributed by atoms with Crippen LogP contribution in [0.15, 0.2) is 54.6 Å².